The summed E-state index contributed by atoms with van der Waals surface area (Å²) in [6.07, 6.45) is 3.56. The Kier molecular flexibility index (Phi) is 3.59. The van der Waals surface area contributed by atoms with Crippen molar-refractivity contribution in [1.82, 2.24) is 15.2 Å². The molecule has 1 aromatic carbocycles. The first kappa shape index (κ1) is 14.9. The molecule has 4 rings (SSSR count). The minimum absolute atomic E-state index is 0.0115. The van der Waals surface area contributed by atoms with Crippen molar-refractivity contribution in [2.45, 2.75) is 24.9 Å². The van der Waals surface area contributed by atoms with Gasteiger partial charge in [0.05, 0.1) is 17.6 Å². The summed E-state index contributed by atoms with van der Waals surface area (Å²) in [7, 11) is 0. The number of carbonyl (C=O) groups excluding carboxylic acids is 2. The van der Waals surface area contributed by atoms with Gasteiger partial charge in [0, 0.05) is 31.1 Å². The van der Waals surface area contributed by atoms with Crippen LogP contribution in [0.3, 0.4) is 0 Å². The van der Waals surface area contributed by atoms with E-state index in [1.807, 2.05) is 35.2 Å². The van der Waals surface area contributed by atoms with Crippen LogP contribution in [0, 0.1) is 0 Å². The van der Waals surface area contributed by atoms with Crippen molar-refractivity contribution in [3.8, 4) is 0 Å². The second kappa shape index (κ2) is 5.78. The normalized spacial score (nSPS) is 23.8. The van der Waals surface area contributed by atoms with Crippen molar-refractivity contribution in [2.24, 2.45) is 0 Å². The molecule has 3 heterocycles. The molecule has 1 N–H and O–H groups in total. The highest BCUT2D eigenvalue weighted by Crippen LogP contribution is 2.29. The number of para-hydroxylation sites is 1. The molecule has 0 bridgehead atoms. The number of nitrogens with zero attached hydrogens (tertiary/aromatic N) is 2. The van der Waals surface area contributed by atoms with Crippen molar-refractivity contribution < 1.29 is 14.3 Å². The van der Waals surface area contributed by atoms with Gasteiger partial charge in [-0.05, 0) is 25.0 Å². The predicted octanol–water partition coefficient (Wildman–Crippen LogP) is 2.34. The standard InChI is InChI=1S/C18H19N3O3/c22-16(14-10-13-4-1-2-5-15(13)19-11-14)21-8-3-6-18(7-9-21)12-20-17(23)24-18/h1-2,4-5,10-11H,3,6-9,12H2,(H,20,23). The van der Waals surface area contributed by atoms with Gasteiger partial charge in [0.15, 0.2) is 0 Å². The molecule has 6 heteroatoms. The van der Waals surface area contributed by atoms with Crippen molar-refractivity contribution in [1.29, 1.82) is 0 Å². The lowest BCUT2D eigenvalue weighted by Crippen LogP contribution is -2.36. The van der Waals surface area contributed by atoms with Crippen molar-refractivity contribution in [2.75, 3.05) is 19.6 Å². The molecular formula is C18H19N3O3. The molecule has 2 fully saturated rings. The van der Waals surface area contributed by atoms with Crippen LogP contribution < -0.4 is 5.32 Å². The first-order valence-electron chi connectivity index (χ1n) is 8.26. The zero-order chi connectivity index (χ0) is 16.6. The summed E-state index contributed by atoms with van der Waals surface area (Å²) >= 11 is 0. The van der Waals surface area contributed by atoms with Crippen molar-refractivity contribution in [3.05, 3.63) is 42.1 Å². The van der Waals surface area contributed by atoms with E-state index in [1.54, 1.807) is 6.20 Å². The molecule has 0 saturated carbocycles. The van der Waals surface area contributed by atoms with Crippen LogP contribution in [0.1, 0.15) is 29.6 Å². The van der Waals surface area contributed by atoms with Gasteiger partial charge >= 0.3 is 6.09 Å². The Morgan fingerprint density at radius 2 is 2.12 bits per heavy atom. The minimum atomic E-state index is -0.451. The van der Waals surface area contributed by atoms with Crippen LogP contribution in [0.4, 0.5) is 4.79 Å². The van der Waals surface area contributed by atoms with E-state index >= 15 is 0 Å². The van der Waals surface area contributed by atoms with Gasteiger partial charge in [-0.2, -0.15) is 0 Å². The van der Waals surface area contributed by atoms with Gasteiger partial charge in [-0.1, -0.05) is 18.2 Å². The van der Waals surface area contributed by atoms with Gasteiger partial charge in [-0.25, -0.2) is 4.79 Å². The first-order chi connectivity index (χ1) is 11.7. The molecule has 1 aromatic heterocycles. The van der Waals surface area contributed by atoms with E-state index in [0.717, 1.165) is 23.7 Å². The molecule has 24 heavy (non-hydrogen) atoms. The Morgan fingerprint density at radius 1 is 1.25 bits per heavy atom. The van der Waals surface area contributed by atoms with Gasteiger partial charge in [-0.3, -0.25) is 9.78 Å². The summed E-state index contributed by atoms with van der Waals surface area (Å²) in [4.78, 5) is 30.4. The number of rotatable bonds is 1. The summed E-state index contributed by atoms with van der Waals surface area (Å²) in [5, 5.41) is 3.69. The first-order valence-corrected chi connectivity index (χ1v) is 8.26. The average Bonchev–Trinajstić information content (AvgIpc) is 2.85. The molecule has 2 aliphatic rings. The minimum Gasteiger partial charge on any atom is -0.441 e. The van der Waals surface area contributed by atoms with Gasteiger partial charge in [0.2, 0.25) is 0 Å². The molecule has 2 amide bonds. The molecule has 2 aromatic rings. The predicted molar refractivity (Wildman–Crippen MR) is 88.7 cm³/mol. The maximum absolute atomic E-state index is 12.8. The Labute approximate surface area is 139 Å². The third-order valence-corrected chi connectivity index (χ3v) is 4.89. The number of hydrogen-bond acceptors (Lipinski definition) is 4. The maximum atomic E-state index is 12.8. The summed E-state index contributed by atoms with van der Waals surface area (Å²) < 4.78 is 5.46. The Balaban J connectivity index is 1.52. The van der Waals surface area contributed by atoms with Crippen LogP contribution in [0.15, 0.2) is 36.5 Å². The molecule has 0 aliphatic carbocycles. The van der Waals surface area contributed by atoms with Crippen LogP contribution in [0.2, 0.25) is 0 Å². The quantitative estimate of drug-likeness (QED) is 0.873. The number of pyridine rings is 1. The van der Waals surface area contributed by atoms with Crippen LogP contribution in [-0.2, 0) is 4.74 Å². The van der Waals surface area contributed by atoms with E-state index in [2.05, 4.69) is 10.3 Å². The highest BCUT2D eigenvalue weighted by atomic mass is 16.6. The maximum Gasteiger partial charge on any atom is 0.407 e. The molecule has 2 saturated heterocycles. The molecule has 2 aliphatic heterocycles. The van der Waals surface area contributed by atoms with E-state index in [1.165, 1.54) is 0 Å². The fraction of sp³-hybridized carbons (Fsp3) is 0.389. The third kappa shape index (κ3) is 2.68. The van der Waals surface area contributed by atoms with E-state index in [4.69, 9.17) is 4.74 Å². The van der Waals surface area contributed by atoms with Gasteiger partial charge < -0.3 is 15.0 Å². The zero-order valence-corrected chi connectivity index (χ0v) is 13.3. The number of likely N-dealkylation sites (tertiary alicyclic amines) is 1. The van der Waals surface area contributed by atoms with Crippen LogP contribution >= 0.6 is 0 Å². The topological polar surface area (TPSA) is 71.5 Å². The summed E-state index contributed by atoms with van der Waals surface area (Å²) in [6, 6.07) is 9.65. The molecule has 1 spiro atoms. The fourth-order valence-corrected chi connectivity index (χ4v) is 3.52. The summed E-state index contributed by atoms with van der Waals surface area (Å²) in [5.74, 6) is -0.0115. The number of carbonyl (C=O) groups is 2. The molecule has 1 atom stereocenters. The van der Waals surface area contributed by atoms with Crippen LogP contribution in [0.25, 0.3) is 10.9 Å². The third-order valence-electron chi connectivity index (χ3n) is 4.89. The number of nitrogens with one attached hydrogen (secondary N) is 1. The molecule has 1 unspecified atom stereocenters. The molecule has 124 valence electrons. The monoisotopic (exact) mass is 325 g/mol. The average molecular weight is 325 g/mol. The number of hydrogen-bond donors (Lipinski definition) is 1. The van der Waals surface area contributed by atoms with Gasteiger partial charge in [-0.15, -0.1) is 0 Å². The number of ether oxygens (including phenoxy) is 1. The van der Waals surface area contributed by atoms with Gasteiger partial charge in [0.25, 0.3) is 5.91 Å². The SMILES string of the molecule is O=C1NCC2(CCCN(C(=O)c3cnc4ccccc4c3)CC2)O1. The van der Waals surface area contributed by atoms with E-state index < -0.39 is 5.60 Å². The Bertz CT molecular complexity index is 807. The number of benzene rings is 1. The smallest absolute Gasteiger partial charge is 0.407 e. The second-order valence-corrected chi connectivity index (χ2v) is 6.49. The molecular weight excluding hydrogens is 306 g/mol. The Hall–Kier alpha value is -2.63. The lowest BCUT2D eigenvalue weighted by atomic mass is 9.95. The number of alkyl carbamates (subject to hydrolysis) is 1. The fourth-order valence-electron chi connectivity index (χ4n) is 3.52. The van der Waals surface area contributed by atoms with Crippen LogP contribution in [0.5, 0.6) is 0 Å². The van der Waals surface area contributed by atoms with Crippen LogP contribution in [-0.4, -0.2) is 47.1 Å². The number of fused-ring (bicyclic) bond motifs is 1. The highest BCUT2D eigenvalue weighted by molar-refractivity contribution is 5.97. The largest absolute Gasteiger partial charge is 0.441 e. The molecule has 0 radical (unpaired) electrons. The number of amides is 2. The zero-order valence-electron chi connectivity index (χ0n) is 13.3. The highest BCUT2D eigenvalue weighted by Gasteiger charge is 2.41. The van der Waals surface area contributed by atoms with Crippen molar-refractivity contribution >= 4 is 22.9 Å². The van der Waals surface area contributed by atoms with Gasteiger partial charge in [0.1, 0.15) is 5.60 Å². The van der Waals surface area contributed by atoms with E-state index in [-0.39, 0.29) is 12.0 Å². The van der Waals surface area contributed by atoms with Crippen molar-refractivity contribution in [3.63, 3.8) is 0 Å². The summed E-state index contributed by atoms with van der Waals surface area (Å²) in [5.41, 5.74) is 1.03. The molecule has 6 nitrogen and oxygen atoms in total. The summed E-state index contributed by atoms with van der Waals surface area (Å²) in [6.45, 7) is 1.79. The van der Waals surface area contributed by atoms with E-state index in [0.29, 0.717) is 31.6 Å². The lowest BCUT2D eigenvalue weighted by molar-refractivity contribution is 0.0438. The Morgan fingerprint density at radius 3 is 2.96 bits per heavy atom. The van der Waals surface area contributed by atoms with E-state index in [9.17, 15) is 9.59 Å². The second-order valence-electron chi connectivity index (χ2n) is 6.49. The lowest BCUT2D eigenvalue weighted by Gasteiger charge is -2.25. The number of aromatic nitrogens is 1.